The molecule has 9 nitrogen and oxygen atoms in total. The van der Waals surface area contributed by atoms with Gasteiger partial charge in [0.2, 0.25) is 17.8 Å². The molecule has 5 rings (SSSR count). The monoisotopic (exact) mass is 505 g/mol. The number of carbonyl (C=O) groups excluding carboxylic acids is 2. The van der Waals surface area contributed by atoms with E-state index in [2.05, 4.69) is 53.4 Å². The second kappa shape index (κ2) is 10.2. The van der Waals surface area contributed by atoms with Crippen molar-refractivity contribution in [2.45, 2.75) is 71.4 Å². The van der Waals surface area contributed by atoms with Crippen LogP contribution >= 0.6 is 0 Å². The predicted octanol–water partition coefficient (Wildman–Crippen LogP) is 4.08. The third-order valence-corrected chi connectivity index (χ3v) is 7.45. The fraction of sp³-hybridized carbons (Fsp3) is 0.571. The Morgan fingerprint density at radius 1 is 1.11 bits per heavy atom. The van der Waals surface area contributed by atoms with E-state index in [1.165, 1.54) is 0 Å². The molecule has 2 aromatic rings. The lowest BCUT2D eigenvalue weighted by Crippen LogP contribution is -2.49. The molecule has 0 spiro atoms. The number of hydrogen-bond acceptors (Lipinski definition) is 7. The molecule has 1 aliphatic carbocycles. The first-order chi connectivity index (χ1) is 17.7. The van der Waals surface area contributed by atoms with E-state index < -0.39 is 0 Å². The normalized spacial score (nSPS) is 20.4. The van der Waals surface area contributed by atoms with Gasteiger partial charge in [0.1, 0.15) is 0 Å². The van der Waals surface area contributed by atoms with E-state index in [1.54, 1.807) is 0 Å². The molecule has 198 valence electrons. The Balaban J connectivity index is 1.24. The van der Waals surface area contributed by atoms with Crippen molar-refractivity contribution in [3.05, 3.63) is 30.5 Å². The van der Waals surface area contributed by atoms with Crippen LogP contribution in [0.25, 0.3) is 0 Å². The van der Waals surface area contributed by atoms with E-state index in [-0.39, 0.29) is 29.3 Å². The van der Waals surface area contributed by atoms with E-state index in [4.69, 9.17) is 4.98 Å². The molecule has 1 saturated carbocycles. The molecular weight excluding hydrogens is 466 g/mol. The summed E-state index contributed by atoms with van der Waals surface area (Å²) in [6.45, 7) is 8.35. The topological polar surface area (TPSA) is 93.7 Å². The Bertz CT molecular complexity index is 1140. The number of rotatable bonds is 6. The number of fused-ring (bicyclic) bond motifs is 1. The molecule has 2 amide bonds. The van der Waals surface area contributed by atoms with Crippen molar-refractivity contribution in [1.82, 2.24) is 15.3 Å². The number of aromatic nitrogens is 2. The number of likely N-dealkylation sites (N-methyl/N-ethyl adjacent to an activating group) is 1. The maximum atomic E-state index is 12.9. The largest absolute Gasteiger partial charge is 0.369 e. The molecular formula is C28H39N7O2. The zero-order chi connectivity index (χ0) is 26.2. The van der Waals surface area contributed by atoms with Crippen molar-refractivity contribution < 1.29 is 9.59 Å². The van der Waals surface area contributed by atoms with Crippen molar-refractivity contribution in [2.75, 3.05) is 46.7 Å². The van der Waals surface area contributed by atoms with E-state index in [1.807, 2.05) is 35.2 Å². The van der Waals surface area contributed by atoms with Crippen molar-refractivity contribution >= 4 is 40.6 Å². The number of nitrogens with zero attached hydrogens (tertiary/aromatic N) is 5. The number of hydrogen-bond donors (Lipinski definition) is 2. The van der Waals surface area contributed by atoms with Crippen LogP contribution in [-0.4, -0.2) is 60.5 Å². The molecule has 0 radical (unpaired) electrons. The first kappa shape index (κ1) is 25.3. The van der Waals surface area contributed by atoms with Gasteiger partial charge in [-0.3, -0.25) is 14.5 Å². The van der Waals surface area contributed by atoms with E-state index in [0.717, 1.165) is 62.3 Å². The van der Waals surface area contributed by atoms with Crippen LogP contribution in [0.4, 0.5) is 28.8 Å². The molecule has 1 atom stereocenters. The lowest BCUT2D eigenvalue weighted by molar-refractivity contribution is -0.123. The summed E-state index contributed by atoms with van der Waals surface area (Å²) in [5, 5.41) is 6.51. The first-order valence-electron chi connectivity index (χ1n) is 13.5. The molecule has 0 bridgehead atoms. The molecule has 3 heterocycles. The van der Waals surface area contributed by atoms with Gasteiger partial charge in [-0.25, -0.2) is 4.98 Å². The van der Waals surface area contributed by atoms with Gasteiger partial charge in [-0.2, -0.15) is 4.98 Å². The SMILES string of the molecule is CN1CC(=O)N(C2CCCC2)c2nc(Nc3ccc(N4CCC(NC(=O)CC(C)(C)C)C4)cc3)ncc21. The minimum atomic E-state index is -0.00673. The lowest BCUT2D eigenvalue weighted by atomic mass is 9.92. The van der Waals surface area contributed by atoms with Crippen molar-refractivity contribution in [3.63, 3.8) is 0 Å². The van der Waals surface area contributed by atoms with Crippen LogP contribution in [0.1, 0.15) is 59.3 Å². The van der Waals surface area contributed by atoms with Gasteiger partial charge in [0.15, 0.2) is 5.82 Å². The maximum Gasteiger partial charge on any atom is 0.247 e. The zero-order valence-electron chi connectivity index (χ0n) is 22.5. The Kier molecular flexibility index (Phi) is 6.96. The summed E-state index contributed by atoms with van der Waals surface area (Å²) in [6.07, 6.45) is 7.67. The molecule has 3 aliphatic rings. The van der Waals surface area contributed by atoms with Crippen molar-refractivity contribution in [3.8, 4) is 0 Å². The summed E-state index contributed by atoms with van der Waals surface area (Å²) >= 11 is 0. The Labute approximate surface area is 219 Å². The van der Waals surface area contributed by atoms with Crippen LogP contribution in [0, 0.1) is 5.41 Å². The minimum Gasteiger partial charge on any atom is -0.369 e. The first-order valence-corrected chi connectivity index (χ1v) is 13.5. The Morgan fingerprint density at radius 2 is 1.84 bits per heavy atom. The highest BCUT2D eigenvalue weighted by Gasteiger charge is 2.36. The van der Waals surface area contributed by atoms with Gasteiger partial charge < -0.3 is 20.4 Å². The Hall–Kier alpha value is -3.36. The van der Waals surface area contributed by atoms with E-state index in [0.29, 0.717) is 24.7 Å². The molecule has 37 heavy (non-hydrogen) atoms. The van der Waals surface area contributed by atoms with Crippen molar-refractivity contribution in [1.29, 1.82) is 0 Å². The molecule has 1 aromatic heterocycles. The highest BCUT2D eigenvalue weighted by Crippen LogP contribution is 2.37. The van der Waals surface area contributed by atoms with Crippen LogP contribution < -0.4 is 25.3 Å². The standard InChI is InChI=1S/C28H39N7O2/c1-28(2,3)15-24(36)30-20-13-14-34(17-20)21-11-9-19(10-12-21)31-27-29-16-23-26(32-27)35(22-7-5-6-8-22)25(37)18-33(23)4/h9-12,16,20,22H,5-8,13-15,17-18H2,1-4H3,(H,30,36)(H,29,31,32). The highest BCUT2D eigenvalue weighted by atomic mass is 16.2. The average Bonchev–Trinajstić information content (AvgIpc) is 3.51. The highest BCUT2D eigenvalue weighted by molar-refractivity contribution is 6.02. The molecule has 1 saturated heterocycles. The van der Waals surface area contributed by atoms with Crippen LogP contribution in [0.5, 0.6) is 0 Å². The predicted molar refractivity (Wildman–Crippen MR) is 148 cm³/mol. The third kappa shape index (κ3) is 5.81. The molecule has 1 aromatic carbocycles. The quantitative estimate of drug-likeness (QED) is 0.611. The number of nitrogens with one attached hydrogen (secondary N) is 2. The van der Waals surface area contributed by atoms with Gasteiger partial charge in [0, 0.05) is 50.0 Å². The van der Waals surface area contributed by atoms with Gasteiger partial charge in [0.05, 0.1) is 18.4 Å². The summed E-state index contributed by atoms with van der Waals surface area (Å²) in [7, 11) is 1.91. The summed E-state index contributed by atoms with van der Waals surface area (Å²) in [6, 6.07) is 8.63. The fourth-order valence-electron chi connectivity index (χ4n) is 5.65. The van der Waals surface area contributed by atoms with Crippen LogP contribution in [0.3, 0.4) is 0 Å². The van der Waals surface area contributed by atoms with Crippen LogP contribution in [-0.2, 0) is 9.59 Å². The van der Waals surface area contributed by atoms with Crippen LogP contribution in [0.2, 0.25) is 0 Å². The van der Waals surface area contributed by atoms with Gasteiger partial charge in [0.25, 0.3) is 0 Å². The van der Waals surface area contributed by atoms with E-state index in [9.17, 15) is 9.59 Å². The number of carbonyl (C=O) groups is 2. The second-order valence-electron chi connectivity index (χ2n) is 11.9. The fourth-order valence-corrected chi connectivity index (χ4v) is 5.65. The minimum absolute atomic E-state index is 0.00673. The zero-order valence-corrected chi connectivity index (χ0v) is 22.5. The summed E-state index contributed by atoms with van der Waals surface area (Å²) in [5.74, 6) is 1.43. The molecule has 2 fully saturated rings. The molecule has 1 unspecified atom stereocenters. The summed E-state index contributed by atoms with van der Waals surface area (Å²) in [4.78, 5) is 40.7. The average molecular weight is 506 g/mol. The third-order valence-electron chi connectivity index (χ3n) is 7.45. The molecule has 2 aliphatic heterocycles. The smallest absolute Gasteiger partial charge is 0.247 e. The summed E-state index contributed by atoms with van der Waals surface area (Å²) in [5.41, 5.74) is 2.91. The lowest BCUT2D eigenvalue weighted by Gasteiger charge is -2.37. The number of anilines is 5. The van der Waals surface area contributed by atoms with E-state index >= 15 is 0 Å². The number of amides is 2. The van der Waals surface area contributed by atoms with Gasteiger partial charge >= 0.3 is 0 Å². The molecule has 9 heteroatoms. The van der Waals surface area contributed by atoms with Crippen molar-refractivity contribution in [2.24, 2.45) is 5.41 Å². The summed E-state index contributed by atoms with van der Waals surface area (Å²) < 4.78 is 0. The number of benzene rings is 1. The van der Waals surface area contributed by atoms with Gasteiger partial charge in [-0.05, 0) is 48.9 Å². The van der Waals surface area contributed by atoms with Gasteiger partial charge in [-0.15, -0.1) is 0 Å². The van der Waals surface area contributed by atoms with Crippen LogP contribution in [0.15, 0.2) is 30.5 Å². The Morgan fingerprint density at radius 3 is 2.54 bits per heavy atom. The molecule has 2 N–H and O–H groups in total. The maximum absolute atomic E-state index is 12.9. The van der Waals surface area contributed by atoms with Gasteiger partial charge in [-0.1, -0.05) is 33.6 Å². The second-order valence-corrected chi connectivity index (χ2v) is 11.9.